The molecule has 0 aromatic carbocycles. The van der Waals surface area contributed by atoms with Gasteiger partial charge in [-0.25, -0.2) is 0 Å². The Morgan fingerprint density at radius 2 is 2.22 bits per heavy atom. The lowest BCUT2D eigenvalue weighted by Crippen LogP contribution is -2.38. The minimum Gasteiger partial charge on any atom is -0.469 e. The van der Waals surface area contributed by atoms with Crippen molar-refractivity contribution < 1.29 is 28.3 Å². The van der Waals surface area contributed by atoms with Crippen LogP contribution >= 0.6 is 11.8 Å². The molecule has 8 heteroatoms. The predicted molar refractivity (Wildman–Crippen MR) is 82.3 cm³/mol. The van der Waals surface area contributed by atoms with E-state index in [-0.39, 0.29) is 42.8 Å². The van der Waals surface area contributed by atoms with Crippen molar-refractivity contribution in [3.63, 3.8) is 0 Å². The zero-order chi connectivity index (χ0) is 16.8. The summed E-state index contributed by atoms with van der Waals surface area (Å²) in [6, 6.07) is 3.48. The number of ether oxygens (including phenoxy) is 2. The molecule has 126 valence electrons. The molecule has 1 atom stereocenters. The first kappa shape index (κ1) is 17.4. The number of hydrogen-bond acceptors (Lipinski definition) is 7. The molecule has 0 saturated carbocycles. The highest BCUT2D eigenvalue weighted by atomic mass is 32.2. The highest BCUT2D eigenvalue weighted by Crippen LogP contribution is 2.38. The van der Waals surface area contributed by atoms with Crippen LogP contribution in [0.15, 0.2) is 16.5 Å². The van der Waals surface area contributed by atoms with Gasteiger partial charge in [-0.15, -0.1) is 11.8 Å². The van der Waals surface area contributed by atoms with Gasteiger partial charge in [0.2, 0.25) is 5.91 Å². The minimum atomic E-state index is -0.384. The van der Waals surface area contributed by atoms with Gasteiger partial charge in [0.25, 0.3) is 0 Å². The normalized spacial score (nSPS) is 17.9. The second kappa shape index (κ2) is 8.05. The summed E-state index contributed by atoms with van der Waals surface area (Å²) in [7, 11) is 1.32. The largest absolute Gasteiger partial charge is 0.469 e. The van der Waals surface area contributed by atoms with Crippen LogP contribution in [0.25, 0.3) is 0 Å². The van der Waals surface area contributed by atoms with Gasteiger partial charge in [0, 0.05) is 25.6 Å². The molecule has 0 N–H and O–H groups in total. The molecule has 1 aromatic heterocycles. The second-order valence-corrected chi connectivity index (χ2v) is 6.16. The van der Waals surface area contributed by atoms with Crippen LogP contribution in [-0.4, -0.2) is 42.2 Å². The number of rotatable bonds is 6. The molecule has 1 saturated heterocycles. The Morgan fingerprint density at radius 1 is 1.43 bits per heavy atom. The van der Waals surface area contributed by atoms with E-state index in [0.717, 1.165) is 0 Å². The summed E-state index contributed by atoms with van der Waals surface area (Å²) in [5.74, 6) is 1.05. The number of furan rings is 1. The predicted octanol–water partition coefficient (Wildman–Crippen LogP) is 1.87. The smallest absolute Gasteiger partial charge is 0.307 e. The lowest BCUT2D eigenvalue weighted by atomic mass is 10.3. The van der Waals surface area contributed by atoms with Gasteiger partial charge in [0.05, 0.1) is 13.5 Å². The molecule has 1 aliphatic heterocycles. The quantitative estimate of drug-likeness (QED) is 0.730. The van der Waals surface area contributed by atoms with Gasteiger partial charge in [-0.2, -0.15) is 0 Å². The average molecular weight is 341 g/mol. The second-order valence-electron chi connectivity index (χ2n) is 4.97. The monoisotopic (exact) mass is 341 g/mol. The molecule has 7 nitrogen and oxygen atoms in total. The van der Waals surface area contributed by atoms with Gasteiger partial charge in [-0.1, -0.05) is 0 Å². The van der Waals surface area contributed by atoms with E-state index in [0.29, 0.717) is 23.7 Å². The van der Waals surface area contributed by atoms with Gasteiger partial charge in [0.15, 0.2) is 0 Å². The van der Waals surface area contributed by atoms with Crippen LogP contribution in [0.5, 0.6) is 0 Å². The summed E-state index contributed by atoms with van der Waals surface area (Å²) >= 11 is 1.58. The Hall–Kier alpha value is -1.96. The zero-order valence-corrected chi connectivity index (χ0v) is 13.9. The molecule has 2 heterocycles. The van der Waals surface area contributed by atoms with Crippen LogP contribution in [0.4, 0.5) is 0 Å². The average Bonchev–Trinajstić information content (AvgIpc) is 3.00. The summed E-state index contributed by atoms with van der Waals surface area (Å²) in [4.78, 5) is 35.9. The molecule has 1 amide bonds. The number of amides is 1. The molecule has 0 aliphatic carbocycles. The third-order valence-electron chi connectivity index (χ3n) is 3.32. The van der Waals surface area contributed by atoms with Gasteiger partial charge < -0.3 is 18.8 Å². The van der Waals surface area contributed by atoms with Gasteiger partial charge in [-0.05, 0) is 12.1 Å². The van der Waals surface area contributed by atoms with Crippen LogP contribution < -0.4 is 0 Å². The Balaban J connectivity index is 2.06. The van der Waals surface area contributed by atoms with Crippen molar-refractivity contribution >= 4 is 29.6 Å². The Bertz CT molecular complexity index is 584. The summed E-state index contributed by atoms with van der Waals surface area (Å²) < 4.78 is 15.2. The van der Waals surface area contributed by atoms with Crippen LogP contribution in [0.2, 0.25) is 0 Å². The van der Waals surface area contributed by atoms with Crippen molar-refractivity contribution in [2.75, 3.05) is 19.4 Å². The number of carbonyl (C=O) groups excluding carboxylic acids is 3. The SMILES string of the molecule is COC(=O)CCN1C(=O)CCSC1c1ccc(COC(C)=O)o1. The Kier molecular flexibility index (Phi) is 6.09. The maximum atomic E-state index is 12.2. The van der Waals surface area contributed by atoms with E-state index in [1.807, 2.05) is 0 Å². The van der Waals surface area contributed by atoms with E-state index in [2.05, 4.69) is 4.74 Å². The van der Waals surface area contributed by atoms with Crippen molar-refractivity contribution in [2.24, 2.45) is 0 Å². The van der Waals surface area contributed by atoms with Crippen molar-refractivity contribution in [3.8, 4) is 0 Å². The fraction of sp³-hybridized carbons (Fsp3) is 0.533. The first-order valence-electron chi connectivity index (χ1n) is 7.21. The third-order valence-corrected chi connectivity index (χ3v) is 4.57. The number of nitrogens with zero attached hydrogens (tertiary/aromatic N) is 1. The van der Waals surface area contributed by atoms with Gasteiger partial charge in [-0.3, -0.25) is 14.4 Å². The molecular weight excluding hydrogens is 322 g/mol. The van der Waals surface area contributed by atoms with E-state index in [1.165, 1.54) is 14.0 Å². The topological polar surface area (TPSA) is 86.0 Å². The third kappa shape index (κ3) is 4.75. The Morgan fingerprint density at radius 3 is 2.91 bits per heavy atom. The molecule has 1 unspecified atom stereocenters. The lowest BCUT2D eigenvalue weighted by molar-refractivity contribution is -0.143. The lowest BCUT2D eigenvalue weighted by Gasteiger charge is -2.33. The number of carbonyl (C=O) groups is 3. The van der Waals surface area contributed by atoms with Crippen molar-refractivity contribution in [1.29, 1.82) is 0 Å². The summed E-state index contributed by atoms with van der Waals surface area (Å²) in [6.45, 7) is 1.67. The van der Waals surface area contributed by atoms with Crippen molar-refractivity contribution in [2.45, 2.75) is 31.7 Å². The van der Waals surface area contributed by atoms with E-state index in [4.69, 9.17) is 9.15 Å². The summed E-state index contributed by atoms with van der Waals surface area (Å²) in [5.41, 5.74) is 0. The number of thioether (sulfide) groups is 1. The molecule has 1 aliphatic rings. The minimum absolute atomic E-state index is 0.0180. The van der Waals surface area contributed by atoms with E-state index in [1.54, 1.807) is 28.8 Å². The van der Waals surface area contributed by atoms with E-state index < -0.39 is 0 Å². The molecule has 0 radical (unpaired) electrons. The molecule has 23 heavy (non-hydrogen) atoms. The van der Waals surface area contributed by atoms with Gasteiger partial charge >= 0.3 is 11.9 Å². The number of esters is 2. The zero-order valence-electron chi connectivity index (χ0n) is 13.1. The maximum Gasteiger partial charge on any atom is 0.307 e. The maximum absolute atomic E-state index is 12.2. The first-order chi connectivity index (χ1) is 11.0. The van der Waals surface area contributed by atoms with E-state index in [9.17, 15) is 14.4 Å². The van der Waals surface area contributed by atoms with Crippen LogP contribution in [-0.2, 0) is 30.5 Å². The molecular formula is C15H19NO6S. The molecule has 0 bridgehead atoms. The van der Waals surface area contributed by atoms with Crippen LogP contribution in [0.3, 0.4) is 0 Å². The highest BCUT2D eigenvalue weighted by Gasteiger charge is 2.32. The van der Waals surface area contributed by atoms with Crippen molar-refractivity contribution in [3.05, 3.63) is 23.7 Å². The van der Waals surface area contributed by atoms with Crippen LogP contribution in [0.1, 0.15) is 36.7 Å². The molecule has 2 rings (SSSR count). The summed E-state index contributed by atoms with van der Waals surface area (Å²) in [5, 5.41) is -0.285. The fourth-order valence-electron chi connectivity index (χ4n) is 2.19. The van der Waals surface area contributed by atoms with Crippen LogP contribution in [0, 0.1) is 0 Å². The summed E-state index contributed by atoms with van der Waals surface area (Å²) in [6.07, 6.45) is 0.573. The standard InChI is InChI=1S/C15H19NO6S/c1-10(17)21-9-11-3-4-12(22-11)15-16(7-5-14(19)20-2)13(18)6-8-23-15/h3-4,15H,5-9H2,1-2H3. The fourth-order valence-corrected chi connectivity index (χ4v) is 3.40. The van der Waals surface area contributed by atoms with E-state index >= 15 is 0 Å². The Labute approximate surface area is 138 Å². The van der Waals surface area contributed by atoms with Crippen molar-refractivity contribution in [1.82, 2.24) is 4.90 Å². The van der Waals surface area contributed by atoms with Gasteiger partial charge in [0.1, 0.15) is 23.5 Å². The number of hydrogen-bond donors (Lipinski definition) is 0. The molecule has 1 fully saturated rings. The molecule has 0 spiro atoms. The molecule has 1 aromatic rings. The first-order valence-corrected chi connectivity index (χ1v) is 8.26. The highest BCUT2D eigenvalue weighted by molar-refractivity contribution is 7.99. The number of methoxy groups -OCH3 is 1.